The van der Waals surface area contributed by atoms with Crippen molar-refractivity contribution in [2.24, 2.45) is 10.9 Å². The fourth-order valence-corrected chi connectivity index (χ4v) is 1.69. The highest BCUT2D eigenvalue weighted by Gasteiger charge is 2.14. The summed E-state index contributed by atoms with van der Waals surface area (Å²) in [7, 11) is 0. The number of nitrogens with one attached hydrogen (secondary N) is 1. The third-order valence-electron chi connectivity index (χ3n) is 2.43. The molecule has 1 saturated heterocycles. The molecule has 1 aliphatic heterocycles. The van der Waals surface area contributed by atoms with Gasteiger partial charge in [0.1, 0.15) is 0 Å². The molecule has 72 valence electrons. The lowest BCUT2D eigenvalue weighted by atomic mass is 9.92. The Bertz CT molecular complexity index is 210. The maximum Gasteiger partial charge on any atom is 0.0299 e. The van der Waals surface area contributed by atoms with Crippen LogP contribution in [0.4, 0.5) is 0 Å². The highest BCUT2D eigenvalue weighted by Crippen LogP contribution is 2.17. The van der Waals surface area contributed by atoms with Crippen LogP contribution in [0.25, 0.3) is 0 Å². The molecule has 0 spiro atoms. The van der Waals surface area contributed by atoms with E-state index in [1.165, 1.54) is 18.4 Å². The molecule has 0 radical (unpaired) electrons. The van der Waals surface area contributed by atoms with Gasteiger partial charge in [-0.2, -0.15) is 0 Å². The molecule has 0 aromatic heterocycles. The van der Waals surface area contributed by atoms with Gasteiger partial charge >= 0.3 is 0 Å². The lowest BCUT2D eigenvalue weighted by Gasteiger charge is -2.23. The number of hydrogen-bond acceptors (Lipinski definition) is 2. The van der Waals surface area contributed by atoms with Gasteiger partial charge < -0.3 is 5.32 Å². The normalized spacial score (nSPS) is 25.0. The van der Waals surface area contributed by atoms with Crippen LogP contribution >= 0.6 is 0 Å². The van der Waals surface area contributed by atoms with Gasteiger partial charge in [0.15, 0.2) is 0 Å². The van der Waals surface area contributed by atoms with Crippen LogP contribution in [-0.4, -0.2) is 19.3 Å². The molecule has 1 fully saturated rings. The molecule has 0 aromatic carbocycles. The van der Waals surface area contributed by atoms with Crippen LogP contribution in [0.3, 0.4) is 0 Å². The van der Waals surface area contributed by atoms with Crippen molar-refractivity contribution in [2.45, 2.75) is 19.8 Å². The number of piperidine rings is 1. The summed E-state index contributed by atoms with van der Waals surface area (Å²) in [4.78, 5) is 4.06. The predicted molar refractivity (Wildman–Crippen MR) is 58.0 cm³/mol. The minimum atomic E-state index is 0.641. The van der Waals surface area contributed by atoms with Crippen molar-refractivity contribution < 1.29 is 0 Å². The summed E-state index contributed by atoms with van der Waals surface area (Å²) >= 11 is 0. The zero-order valence-corrected chi connectivity index (χ0v) is 8.29. The lowest BCUT2D eigenvalue weighted by molar-refractivity contribution is 0.431. The number of hydrogen-bond donors (Lipinski definition) is 1. The van der Waals surface area contributed by atoms with Crippen LogP contribution in [0.5, 0.6) is 0 Å². The summed E-state index contributed by atoms with van der Waals surface area (Å²) in [5.41, 5.74) is 1.33. The van der Waals surface area contributed by atoms with E-state index in [-0.39, 0.29) is 0 Å². The van der Waals surface area contributed by atoms with Gasteiger partial charge in [-0.25, -0.2) is 0 Å². The maximum absolute atomic E-state index is 4.06. The first kappa shape index (κ1) is 10.2. The third kappa shape index (κ3) is 3.15. The Hall–Kier alpha value is -0.890. The van der Waals surface area contributed by atoms with E-state index < -0.39 is 0 Å². The highest BCUT2D eigenvalue weighted by atomic mass is 14.9. The molecule has 1 heterocycles. The van der Waals surface area contributed by atoms with Crippen molar-refractivity contribution >= 4 is 6.21 Å². The Morgan fingerprint density at radius 1 is 1.62 bits per heavy atom. The van der Waals surface area contributed by atoms with Gasteiger partial charge in [0.05, 0.1) is 0 Å². The molecule has 0 aliphatic carbocycles. The zero-order chi connectivity index (χ0) is 9.52. The van der Waals surface area contributed by atoms with E-state index in [0.29, 0.717) is 5.92 Å². The minimum absolute atomic E-state index is 0.641. The van der Waals surface area contributed by atoms with Gasteiger partial charge in [-0.15, -0.1) is 0 Å². The topological polar surface area (TPSA) is 24.4 Å². The molecular formula is C11H18N2. The summed E-state index contributed by atoms with van der Waals surface area (Å²) in [5.74, 6) is 0.641. The van der Waals surface area contributed by atoms with Crippen LogP contribution in [-0.2, 0) is 0 Å². The summed E-state index contributed by atoms with van der Waals surface area (Å²) in [6.45, 7) is 7.88. The second-order valence-corrected chi connectivity index (χ2v) is 3.29. The molecule has 13 heavy (non-hydrogen) atoms. The lowest BCUT2D eigenvalue weighted by Crippen LogP contribution is -2.31. The molecule has 1 atom stereocenters. The molecule has 0 saturated carbocycles. The average Bonchev–Trinajstić information content (AvgIpc) is 2.21. The van der Waals surface area contributed by atoms with Gasteiger partial charge in [-0.1, -0.05) is 12.7 Å². The van der Waals surface area contributed by atoms with Crippen molar-refractivity contribution in [1.82, 2.24) is 5.32 Å². The summed E-state index contributed by atoms with van der Waals surface area (Å²) < 4.78 is 0. The van der Waals surface area contributed by atoms with Crippen LogP contribution in [0.15, 0.2) is 29.4 Å². The van der Waals surface area contributed by atoms with Crippen molar-refractivity contribution in [3.63, 3.8) is 0 Å². The van der Waals surface area contributed by atoms with E-state index in [2.05, 4.69) is 29.9 Å². The zero-order valence-electron chi connectivity index (χ0n) is 8.29. The third-order valence-corrected chi connectivity index (χ3v) is 2.43. The molecule has 2 nitrogen and oxygen atoms in total. The van der Waals surface area contributed by atoms with Gasteiger partial charge in [-0.05, 0) is 37.8 Å². The number of rotatable bonds is 3. The van der Waals surface area contributed by atoms with E-state index in [0.717, 1.165) is 13.1 Å². The Labute approximate surface area is 80.4 Å². The summed E-state index contributed by atoms with van der Waals surface area (Å²) in [6.07, 6.45) is 8.19. The summed E-state index contributed by atoms with van der Waals surface area (Å²) in [5, 5.41) is 3.40. The quantitative estimate of drug-likeness (QED) is 0.658. The molecule has 0 aromatic rings. The molecule has 1 aliphatic rings. The van der Waals surface area contributed by atoms with Gasteiger partial charge in [0.2, 0.25) is 0 Å². The number of allylic oxidation sites excluding steroid dienone is 1. The first-order valence-electron chi connectivity index (χ1n) is 4.89. The SMILES string of the molecule is C=CN=C/C(=C\C)C1CCCNC1. The van der Waals surface area contributed by atoms with Gasteiger partial charge in [-0.3, -0.25) is 4.99 Å². The molecule has 1 N–H and O–H groups in total. The Morgan fingerprint density at radius 2 is 2.46 bits per heavy atom. The second kappa shape index (κ2) is 5.70. The molecule has 0 amide bonds. The highest BCUT2D eigenvalue weighted by molar-refractivity contribution is 5.79. The van der Waals surface area contributed by atoms with E-state index in [1.807, 2.05) is 6.21 Å². The van der Waals surface area contributed by atoms with Gasteiger partial charge in [0.25, 0.3) is 0 Å². The molecular weight excluding hydrogens is 160 g/mol. The average molecular weight is 178 g/mol. The van der Waals surface area contributed by atoms with Crippen LogP contribution in [0.2, 0.25) is 0 Å². The molecule has 2 heteroatoms. The Balaban J connectivity index is 2.54. The van der Waals surface area contributed by atoms with E-state index in [4.69, 9.17) is 0 Å². The van der Waals surface area contributed by atoms with E-state index >= 15 is 0 Å². The number of aliphatic imine (C=N–C) groups is 1. The van der Waals surface area contributed by atoms with Crippen LogP contribution < -0.4 is 5.32 Å². The van der Waals surface area contributed by atoms with Crippen LogP contribution in [0, 0.1) is 5.92 Å². The standard InChI is InChI=1S/C11H18N2/c1-3-10(8-12-4-2)11-6-5-7-13-9-11/h3-4,8,11,13H,2,5-7,9H2,1H3/b10-3+,12-8?. The van der Waals surface area contributed by atoms with Crippen molar-refractivity contribution in [1.29, 1.82) is 0 Å². The Morgan fingerprint density at radius 3 is 3.00 bits per heavy atom. The second-order valence-electron chi connectivity index (χ2n) is 3.29. The number of nitrogens with zero attached hydrogens (tertiary/aromatic N) is 1. The minimum Gasteiger partial charge on any atom is -0.316 e. The first-order valence-corrected chi connectivity index (χ1v) is 4.89. The predicted octanol–water partition coefficient (Wildman–Crippen LogP) is 2.15. The van der Waals surface area contributed by atoms with Crippen molar-refractivity contribution in [2.75, 3.05) is 13.1 Å². The molecule has 1 rings (SSSR count). The monoisotopic (exact) mass is 178 g/mol. The summed E-state index contributed by atoms with van der Waals surface area (Å²) in [6, 6.07) is 0. The fraction of sp³-hybridized carbons (Fsp3) is 0.545. The maximum atomic E-state index is 4.06. The van der Waals surface area contributed by atoms with Crippen molar-refractivity contribution in [3.05, 3.63) is 24.4 Å². The molecule has 1 unspecified atom stereocenters. The van der Waals surface area contributed by atoms with Crippen molar-refractivity contribution in [3.8, 4) is 0 Å². The Kier molecular flexibility index (Phi) is 4.47. The first-order chi connectivity index (χ1) is 6.38. The smallest absolute Gasteiger partial charge is 0.0299 e. The fourth-order valence-electron chi connectivity index (χ4n) is 1.69. The van der Waals surface area contributed by atoms with E-state index in [9.17, 15) is 0 Å². The van der Waals surface area contributed by atoms with Crippen LogP contribution in [0.1, 0.15) is 19.8 Å². The molecule has 0 bridgehead atoms. The van der Waals surface area contributed by atoms with E-state index in [1.54, 1.807) is 6.20 Å². The largest absolute Gasteiger partial charge is 0.316 e. The van der Waals surface area contributed by atoms with Gasteiger partial charge in [0, 0.05) is 19.0 Å².